The van der Waals surface area contributed by atoms with Gasteiger partial charge in [0, 0.05) is 22.2 Å². The maximum Gasteiger partial charge on any atom is 0.0580 e. The summed E-state index contributed by atoms with van der Waals surface area (Å²) < 4.78 is 1.37. The molecule has 0 saturated heterocycles. The van der Waals surface area contributed by atoms with E-state index in [0.29, 0.717) is 12.0 Å². The minimum atomic E-state index is -0.0989. The SMILES string of the molecule is Cc1c(C(C)NCC2CCCC2O)sc2ccccc12. The molecule has 0 amide bonds. The van der Waals surface area contributed by atoms with E-state index in [1.807, 2.05) is 11.3 Å². The molecule has 3 unspecified atom stereocenters. The predicted molar refractivity (Wildman–Crippen MR) is 86.3 cm³/mol. The van der Waals surface area contributed by atoms with E-state index in [1.165, 1.54) is 26.9 Å². The first-order chi connectivity index (χ1) is 9.66. The molecule has 3 rings (SSSR count). The van der Waals surface area contributed by atoms with E-state index in [1.54, 1.807) is 0 Å². The molecule has 1 aromatic heterocycles. The van der Waals surface area contributed by atoms with Crippen LogP contribution in [0.4, 0.5) is 0 Å². The standard InChI is InChI=1S/C17H23NOS/c1-11-14-7-3-4-9-16(14)20-17(11)12(2)18-10-13-6-5-8-15(13)19/h3-4,7,9,12-13,15,18-19H,5-6,8,10H2,1-2H3. The molecule has 1 aliphatic carbocycles. The van der Waals surface area contributed by atoms with Crippen molar-refractivity contribution >= 4 is 21.4 Å². The molecular formula is C17H23NOS. The second kappa shape index (κ2) is 5.84. The zero-order chi connectivity index (χ0) is 14.1. The maximum atomic E-state index is 9.90. The number of nitrogens with one attached hydrogen (secondary N) is 1. The van der Waals surface area contributed by atoms with Crippen molar-refractivity contribution in [2.45, 2.75) is 45.3 Å². The first-order valence-electron chi connectivity index (χ1n) is 7.56. The van der Waals surface area contributed by atoms with Crippen LogP contribution in [0.1, 0.15) is 42.7 Å². The minimum absolute atomic E-state index is 0.0989. The Hall–Kier alpha value is -0.900. The number of benzene rings is 1. The first kappa shape index (κ1) is 14.1. The van der Waals surface area contributed by atoms with Crippen LogP contribution in [0.5, 0.6) is 0 Å². The third-order valence-electron chi connectivity index (χ3n) is 4.58. The number of aryl methyl sites for hydroxylation is 1. The molecule has 1 fully saturated rings. The Labute approximate surface area is 124 Å². The van der Waals surface area contributed by atoms with Crippen molar-refractivity contribution < 1.29 is 5.11 Å². The van der Waals surface area contributed by atoms with E-state index in [0.717, 1.165) is 19.4 Å². The highest BCUT2D eigenvalue weighted by atomic mass is 32.1. The molecule has 3 atom stereocenters. The number of fused-ring (bicyclic) bond motifs is 1. The molecule has 0 spiro atoms. The van der Waals surface area contributed by atoms with Gasteiger partial charge in [-0.25, -0.2) is 0 Å². The fraction of sp³-hybridized carbons (Fsp3) is 0.529. The summed E-state index contributed by atoms with van der Waals surface area (Å²) in [7, 11) is 0. The molecule has 20 heavy (non-hydrogen) atoms. The van der Waals surface area contributed by atoms with Crippen molar-refractivity contribution in [3.8, 4) is 0 Å². The zero-order valence-electron chi connectivity index (χ0n) is 12.2. The summed E-state index contributed by atoms with van der Waals surface area (Å²) in [5.41, 5.74) is 1.40. The quantitative estimate of drug-likeness (QED) is 0.891. The fourth-order valence-corrected chi connectivity index (χ4v) is 4.52. The summed E-state index contributed by atoms with van der Waals surface area (Å²) >= 11 is 1.89. The Balaban J connectivity index is 1.72. The van der Waals surface area contributed by atoms with Gasteiger partial charge in [-0.3, -0.25) is 0 Å². The monoisotopic (exact) mass is 289 g/mol. The average Bonchev–Trinajstić information content (AvgIpc) is 3.01. The van der Waals surface area contributed by atoms with Gasteiger partial charge in [-0.05, 0) is 49.6 Å². The molecule has 108 valence electrons. The predicted octanol–water partition coefficient (Wildman–Crippen LogP) is 4.02. The summed E-state index contributed by atoms with van der Waals surface area (Å²) in [6.45, 7) is 5.38. The van der Waals surface area contributed by atoms with E-state index in [9.17, 15) is 5.11 Å². The lowest BCUT2D eigenvalue weighted by atomic mass is 10.0. The summed E-state index contributed by atoms with van der Waals surface area (Å²) in [6.07, 6.45) is 3.21. The van der Waals surface area contributed by atoms with Gasteiger partial charge in [0.1, 0.15) is 0 Å². The van der Waals surface area contributed by atoms with Crippen LogP contribution in [0.3, 0.4) is 0 Å². The zero-order valence-corrected chi connectivity index (χ0v) is 13.0. The Morgan fingerprint density at radius 3 is 2.85 bits per heavy atom. The van der Waals surface area contributed by atoms with Gasteiger partial charge in [-0.2, -0.15) is 0 Å². The van der Waals surface area contributed by atoms with Crippen LogP contribution < -0.4 is 5.32 Å². The molecular weight excluding hydrogens is 266 g/mol. The minimum Gasteiger partial charge on any atom is -0.393 e. The van der Waals surface area contributed by atoms with Crippen molar-refractivity contribution in [3.63, 3.8) is 0 Å². The molecule has 0 aliphatic heterocycles. The van der Waals surface area contributed by atoms with Gasteiger partial charge in [-0.1, -0.05) is 24.6 Å². The molecule has 1 heterocycles. The van der Waals surface area contributed by atoms with Gasteiger partial charge >= 0.3 is 0 Å². The number of rotatable bonds is 4. The largest absolute Gasteiger partial charge is 0.393 e. The van der Waals surface area contributed by atoms with E-state index < -0.39 is 0 Å². The lowest BCUT2D eigenvalue weighted by Crippen LogP contribution is -2.29. The van der Waals surface area contributed by atoms with E-state index in [2.05, 4.69) is 43.4 Å². The van der Waals surface area contributed by atoms with E-state index in [-0.39, 0.29) is 6.10 Å². The highest BCUT2D eigenvalue weighted by Gasteiger charge is 2.25. The van der Waals surface area contributed by atoms with Crippen LogP contribution in [-0.2, 0) is 0 Å². The first-order valence-corrected chi connectivity index (χ1v) is 8.38. The summed E-state index contributed by atoms with van der Waals surface area (Å²) in [4.78, 5) is 1.43. The Morgan fingerprint density at radius 1 is 1.35 bits per heavy atom. The van der Waals surface area contributed by atoms with Crippen molar-refractivity contribution in [1.29, 1.82) is 0 Å². The number of hydrogen-bond acceptors (Lipinski definition) is 3. The van der Waals surface area contributed by atoms with Crippen LogP contribution in [-0.4, -0.2) is 17.8 Å². The van der Waals surface area contributed by atoms with Crippen LogP contribution in [0.2, 0.25) is 0 Å². The average molecular weight is 289 g/mol. The normalized spacial score (nSPS) is 24.4. The van der Waals surface area contributed by atoms with Gasteiger partial charge in [0.25, 0.3) is 0 Å². The second-order valence-electron chi connectivity index (χ2n) is 5.98. The molecule has 1 saturated carbocycles. The Kier molecular flexibility index (Phi) is 4.11. The second-order valence-corrected chi connectivity index (χ2v) is 7.06. The third kappa shape index (κ3) is 2.62. The fourth-order valence-electron chi connectivity index (χ4n) is 3.28. The summed E-state index contributed by atoms with van der Waals surface area (Å²) in [6, 6.07) is 8.98. The summed E-state index contributed by atoms with van der Waals surface area (Å²) in [5.74, 6) is 0.437. The van der Waals surface area contributed by atoms with E-state index >= 15 is 0 Å². The number of aliphatic hydroxyl groups is 1. The topological polar surface area (TPSA) is 32.3 Å². The van der Waals surface area contributed by atoms with Crippen molar-refractivity contribution in [2.75, 3.05) is 6.54 Å². The lowest BCUT2D eigenvalue weighted by molar-refractivity contribution is 0.130. The third-order valence-corrected chi connectivity index (χ3v) is 6.03. The summed E-state index contributed by atoms with van der Waals surface area (Å²) in [5, 5.41) is 14.9. The molecule has 2 nitrogen and oxygen atoms in total. The van der Waals surface area contributed by atoms with Crippen molar-refractivity contribution in [3.05, 3.63) is 34.7 Å². The highest BCUT2D eigenvalue weighted by Crippen LogP contribution is 2.35. The molecule has 0 radical (unpaired) electrons. The molecule has 1 aromatic carbocycles. The van der Waals surface area contributed by atoms with Gasteiger partial charge in [0.2, 0.25) is 0 Å². The van der Waals surface area contributed by atoms with Crippen molar-refractivity contribution in [1.82, 2.24) is 5.32 Å². The highest BCUT2D eigenvalue weighted by molar-refractivity contribution is 7.19. The van der Waals surface area contributed by atoms with E-state index in [4.69, 9.17) is 0 Å². The van der Waals surface area contributed by atoms with Gasteiger partial charge < -0.3 is 10.4 Å². The number of thiophene rings is 1. The maximum absolute atomic E-state index is 9.90. The van der Waals surface area contributed by atoms with Crippen LogP contribution in [0, 0.1) is 12.8 Å². The van der Waals surface area contributed by atoms with Gasteiger partial charge in [0.05, 0.1) is 6.10 Å². The Bertz CT molecular complexity index is 592. The lowest BCUT2D eigenvalue weighted by Gasteiger charge is -2.19. The van der Waals surface area contributed by atoms with Gasteiger partial charge in [-0.15, -0.1) is 11.3 Å². The number of hydrogen-bond donors (Lipinski definition) is 2. The molecule has 2 aromatic rings. The smallest absolute Gasteiger partial charge is 0.0580 e. The van der Waals surface area contributed by atoms with Crippen molar-refractivity contribution in [2.24, 2.45) is 5.92 Å². The molecule has 0 bridgehead atoms. The van der Waals surface area contributed by atoms with Crippen LogP contribution in [0.15, 0.2) is 24.3 Å². The number of aliphatic hydroxyl groups excluding tert-OH is 1. The van der Waals surface area contributed by atoms with Gasteiger partial charge in [0.15, 0.2) is 0 Å². The van der Waals surface area contributed by atoms with Crippen LogP contribution in [0.25, 0.3) is 10.1 Å². The van der Waals surface area contributed by atoms with Crippen LogP contribution >= 0.6 is 11.3 Å². The molecule has 1 aliphatic rings. The molecule has 3 heteroatoms. The molecule has 2 N–H and O–H groups in total. The Morgan fingerprint density at radius 2 is 2.15 bits per heavy atom.